The lowest BCUT2D eigenvalue weighted by molar-refractivity contribution is 0.0517. The van der Waals surface area contributed by atoms with Gasteiger partial charge in [-0.15, -0.1) is 0 Å². The summed E-state index contributed by atoms with van der Waals surface area (Å²) in [7, 11) is 3.01. The molecule has 138 valence electrons. The molecule has 1 aromatic carbocycles. The number of H-pyrrole nitrogens is 1. The SMILES string of the molecule is COC(=O)c1c(C)[nH]c(C(=O)N(C)C[C@H]2COc3ccccc3O2)c1C. The minimum Gasteiger partial charge on any atom is -0.486 e. The van der Waals surface area contributed by atoms with E-state index in [1.807, 2.05) is 24.3 Å². The third kappa shape index (κ3) is 3.24. The molecule has 1 aliphatic heterocycles. The zero-order chi connectivity index (χ0) is 18.8. The van der Waals surface area contributed by atoms with Crippen molar-refractivity contribution in [2.75, 3.05) is 27.3 Å². The Morgan fingerprint density at radius 1 is 1.27 bits per heavy atom. The Kier molecular flexibility index (Phi) is 4.88. The van der Waals surface area contributed by atoms with Gasteiger partial charge in [-0.2, -0.15) is 0 Å². The van der Waals surface area contributed by atoms with Gasteiger partial charge in [-0.25, -0.2) is 4.79 Å². The van der Waals surface area contributed by atoms with Gasteiger partial charge in [0.25, 0.3) is 5.91 Å². The Bertz CT molecular complexity index is 842. The number of amides is 1. The van der Waals surface area contributed by atoms with Gasteiger partial charge in [0.05, 0.1) is 19.2 Å². The van der Waals surface area contributed by atoms with E-state index in [4.69, 9.17) is 14.2 Å². The summed E-state index contributed by atoms with van der Waals surface area (Å²) in [6.07, 6.45) is -0.268. The number of benzene rings is 1. The monoisotopic (exact) mass is 358 g/mol. The number of esters is 1. The number of hydrogen-bond acceptors (Lipinski definition) is 5. The molecule has 0 saturated carbocycles. The van der Waals surface area contributed by atoms with Gasteiger partial charge < -0.3 is 24.1 Å². The lowest BCUT2D eigenvalue weighted by Gasteiger charge is -2.29. The van der Waals surface area contributed by atoms with Crippen LogP contribution in [0.1, 0.15) is 32.1 Å². The van der Waals surface area contributed by atoms with Crippen LogP contribution >= 0.6 is 0 Å². The standard InChI is InChI=1S/C19H22N2O5/c1-11-16(19(23)24-4)12(2)20-17(11)18(22)21(3)9-13-10-25-14-7-5-6-8-15(14)26-13/h5-8,13,20H,9-10H2,1-4H3/t13-/m0/s1. The number of aromatic amines is 1. The molecular formula is C19H22N2O5. The lowest BCUT2D eigenvalue weighted by atomic mass is 10.1. The van der Waals surface area contributed by atoms with Crippen molar-refractivity contribution >= 4 is 11.9 Å². The Balaban J connectivity index is 1.72. The zero-order valence-electron chi connectivity index (χ0n) is 15.3. The first-order chi connectivity index (χ1) is 12.4. The van der Waals surface area contributed by atoms with Crippen LogP contribution < -0.4 is 9.47 Å². The van der Waals surface area contributed by atoms with Gasteiger partial charge in [-0.1, -0.05) is 12.1 Å². The van der Waals surface area contributed by atoms with Crippen molar-refractivity contribution in [2.45, 2.75) is 20.0 Å². The quantitative estimate of drug-likeness (QED) is 0.849. The summed E-state index contributed by atoms with van der Waals surface area (Å²) >= 11 is 0. The molecule has 0 aliphatic carbocycles. The van der Waals surface area contributed by atoms with Gasteiger partial charge in [0.15, 0.2) is 17.6 Å². The predicted octanol–water partition coefficient (Wildman–Crippen LogP) is 2.33. The molecular weight excluding hydrogens is 336 g/mol. The topological polar surface area (TPSA) is 80.9 Å². The molecule has 1 aliphatic rings. The Labute approximate surface area is 151 Å². The molecule has 2 aromatic rings. The fourth-order valence-electron chi connectivity index (χ4n) is 3.10. The highest BCUT2D eigenvalue weighted by molar-refractivity contribution is 6.00. The number of nitrogens with zero attached hydrogens (tertiary/aromatic N) is 1. The number of nitrogens with one attached hydrogen (secondary N) is 1. The average Bonchev–Trinajstić information content (AvgIpc) is 2.94. The third-order valence-corrected chi connectivity index (χ3v) is 4.43. The maximum absolute atomic E-state index is 12.8. The van der Waals surface area contributed by atoms with E-state index in [2.05, 4.69) is 4.98 Å². The van der Waals surface area contributed by atoms with Crippen molar-refractivity contribution in [2.24, 2.45) is 0 Å². The van der Waals surface area contributed by atoms with E-state index in [0.717, 1.165) is 0 Å². The second-order valence-corrected chi connectivity index (χ2v) is 6.30. The van der Waals surface area contributed by atoms with Crippen LogP contribution in [0.5, 0.6) is 11.5 Å². The van der Waals surface area contributed by atoms with Crippen molar-refractivity contribution in [1.82, 2.24) is 9.88 Å². The summed E-state index contributed by atoms with van der Waals surface area (Å²) in [6.45, 7) is 4.20. The Morgan fingerprint density at radius 3 is 2.65 bits per heavy atom. The lowest BCUT2D eigenvalue weighted by Crippen LogP contribution is -2.42. The molecule has 1 atom stereocenters. The smallest absolute Gasteiger partial charge is 0.339 e. The first kappa shape index (κ1) is 17.8. The van der Waals surface area contributed by atoms with Crippen molar-refractivity contribution in [3.05, 3.63) is 46.8 Å². The fraction of sp³-hybridized carbons (Fsp3) is 0.368. The number of ether oxygens (including phenoxy) is 3. The van der Waals surface area contributed by atoms with Gasteiger partial charge in [-0.3, -0.25) is 4.79 Å². The van der Waals surface area contributed by atoms with Crippen molar-refractivity contribution < 1.29 is 23.8 Å². The Hall–Kier alpha value is -2.96. The molecule has 7 heteroatoms. The van der Waals surface area contributed by atoms with E-state index >= 15 is 0 Å². The number of para-hydroxylation sites is 2. The van der Waals surface area contributed by atoms with Crippen LogP contribution in [0.3, 0.4) is 0 Å². The normalized spacial score (nSPS) is 15.5. The van der Waals surface area contributed by atoms with Crippen LogP contribution in [0.4, 0.5) is 0 Å². The van der Waals surface area contributed by atoms with E-state index in [0.29, 0.717) is 47.2 Å². The van der Waals surface area contributed by atoms with E-state index in [9.17, 15) is 9.59 Å². The fourth-order valence-corrected chi connectivity index (χ4v) is 3.10. The molecule has 0 radical (unpaired) electrons. The largest absolute Gasteiger partial charge is 0.486 e. The number of carbonyl (C=O) groups excluding carboxylic acids is 2. The van der Waals surface area contributed by atoms with E-state index in [1.165, 1.54) is 7.11 Å². The summed E-state index contributed by atoms with van der Waals surface area (Å²) in [4.78, 5) is 29.3. The number of methoxy groups -OCH3 is 1. The van der Waals surface area contributed by atoms with Crippen LogP contribution in [0, 0.1) is 13.8 Å². The predicted molar refractivity (Wildman–Crippen MR) is 94.9 cm³/mol. The number of carbonyl (C=O) groups is 2. The summed E-state index contributed by atoms with van der Waals surface area (Å²) in [5, 5.41) is 0. The first-order valence-electron chi connectivity index (χ1n) is 8.33. The molecule has 1 aromatic heterocycles. The van der Waals surface area contributed by atoms with Crippen molar-refractivity contribution in [1.29, 1.82) is 0 Å². The Morgan fingerprint density at radius 2 is 1.96 bits per heavy atom. The van der Waals surface area contributed by atoms with Gasteiger partial charge in [0, 0.05) is 12.7 Å². The summed E-state index contributed by atoms with van der Waals surface area (Å²) in [5.41, 5.74) is 1.97. The number of aromatic nitrogens is 1. The van der Waals surface area contributed by atoms with Crippen molar-refractivity contribution in [3.8, 4) is 11.5 Å². The average molecular weight is 358 g/mol. The number of rotatable bonds is 4. The van der Waals surface area contributed by atoms with E-state index in [1.54, 1.807) is 25.8 Å². The second kappa shape index (κ2) is 7.11. The number of hydrogen-bond donors (Lipinski definition) is 1. The first-order valence-corrected chi connectivity index (χ1v) is 8.33. The number of aryl methyl sites for hydroxylation is 1. The highest BCUT2D eigenvalue weighted by Gasteiger charge is 2.27. The molecule has 0 unspecified atom stereocenters. The molecule has 1 amide bonds. The second-order valence-electron chi connectivity index (χ2n) is 6.30. The number of likely N-dealkylation sites (N-methyl/N-ethyl adjacent to an activating group) is 1. The van der Waals surface area contributed by atoms with Crippen LogP contribution in [-0.2, 0) is 4.74 Å². The van der Waals surface area contributed by atoms with Gasteiger partial charge >= 0.3 is 5.97 Å². The summed E-state index contributed by atoms with van der Waals surface area (Å²) < 4.78 is 16.4. The summed E-state index contributed by atoms with van der Waals surface area (Å²) in [6, 6.07) is 7.44. The van der Waals surface area contributed by atoms with Crippen LogP contribution in [0.2, 0.25) is 0 Å². The van der Waals surface area contributed by atoms with Gasteiger partial charge in [-0.05, 0) is 31.5 Å². The molecule has 0 fully saturated rings. The minimum absolute atomic E-state index is 0.219. The maximum atomic E-state index is 12.8. The molecule has 7 nitrogen and oxygen atoms in total. The van der Waals surface area contributed by atoms with Gasteiger partial charge in [0.1, 0.15) is 12.3 Å². The van der Waals surface area contributed by atoms with Gasteiger partial charge in [0.2, 0.25) is 0 Å². The van der Waals surface area contributed by atoms with E-state index < -0.39 is 5.97 Å². The third-order valence-electron chi connectivity index (χ3n) is 4.43. The highest BCUT2D eigenvalue weighted by Crippen LogP contribution is 2.31. The molecule has 0 bridgehead atoms. The van der Waals surface area contributed by atoms with Crippen LogP contribution in [-0.4, -0.2) is 55.2 Å². The zero-order valence-corrected chi connectivity index (χ0v) is 15.3. The van der Waals surface area contributed by atoms with Crippen molar-refractivity contribution in [3.63, 3.8) is 0 Å². The molecule has 3 rings (SSSR count). The van der Waals surface area contributed by atoms with Crippen LogP contribution in [0.25, 0.3) is 0 Å². The molecule has 26 heavy (non-hydrogen) atoms. The molecule has 0 saturated heterocycles. The summed E-state index contributed by atoms with van der Waals surface area (Å²) in [5.74, 6) is 0.697. The van der Waals surface area contributed by atoms with Crippen LogP contribution in [0.15, 0.2) is 24.3 Å². The maximum Gasteiger partial charge on any atom is 0.339 e. The molecule has 2 heterocycles. The highest BCUT2D eigenvalue weighted by atomic mass is 16.6. The molecule has 1 N–H and O–H groups in total. The van der Waals surface area contributed by atoms with E-state index in [-0.39, 0.29) is 12.0 Å². The molecule has 0 spiro atoms. The minimum atomic E-state index is -0.460. The number of fused-ring (bicyclic) bond motifs is 1.